The van der Waals surface area contributed by atoms with Gasteiger partial charge in [-0.25, -0.2) is 8.42 Å². The maximum absolute atomic E-state index is 13.2. The third kappa shape index (κ3) is 4.31. The Morgan fingerprint density at radius 3 is 2.22 bits per heavy atom. The van der Waals surface area contributed by atoms with Crippen molar-refractivity contribution in [2.24, 2.45) is 0 Å². The number of hydrogen-bond donors (Lipinski definition) is 0. The van der Waals surface area contributed by atoms with Crippen molar-refractivity contribution in [3.63, 3.8) is 0 Å². The number of carbonyl (C=O) groups excluding carboxylic acids is 1. The zero-order valence-electron chi connectivity index (χ0n) is 15.2. The first kappa shape index (κ1) is 19.0. The molecule has 142 valence electrons. The van der Waals surface area contributed by atoms with Gasteiger partial charge in [-0.05, 0) is 61.5 Å². The van der Waals surface area contributed by atoms with Crippen LogP contribution in [0.5, 0.6) is 11.5 Å². The van der Waals surface area contributed by atoms with Gasteiger partial charge in [-0.15, -0.1) is 0 Å². The highest BCUT2D eigenvalue weighted by Gasteiger charge is 2.32. The second-order valence-corrected chi connectivity index (χ2v) is 7.99. The first-order chi connectivity index (χ1) is 12.9. The van der Waals surface area contributed by atoms with Crippen LogP contribution < -0.4 is 14.4 Å². The van der Waals surface area contributed by atoms with Crippen LogP contribution in [0.2, 0.25) is 0 Å². The lowest BCUT2D eigenvalue weighted by Gasteiger charge is -2.28. The third-order valence-corrected chi connectivity index (χ3v) is 5.60. The summed E-state index contributed by atoms with van der Waals surface area (Å²) in [5, 5.41) is 1.17. The van der Waals surface area contributed by atoms with E-state index >= 15 is 0 Å². The quantitative estimate of drug-likeness (QED) is 0.762. The molecule has 0 aromatic heterocycles. The van der Waals surface area contributed by atoms with Crippen molar-refractivity contribution in [2.75, 3.05) is 24.4 Å². The Bertz CT molecular complexity index is 933. The fourth-order valence-electron chi connectivity index (χ4n) is 2.92. The fraction of sp³-hybridized carbons (Fsp3) is 0.250. The Balaban J connectivity index is 1.95. The van der Waals surface area contributed by atoms with E-state index in [0.717, 1.165) is 0 Å². The van der Waals surface area contributed by atoms with Gasteiger partial charge in [-0.3, -0.25) is 4.79 Å². The molecule has 0 radical (unpaired) electrons. The van der Waals surface area contributed by atoms with E-state index in [1.165, 1.54) is 10.3 Å². The minimum atomic E-state index is -3.31. The first-order valence-corrected chi connectivity index (χ1v) is 10.3. The van der Waals surface area contributed by atoms with E-state index in [1.807, 2.05) is 6.92 Å². The molecule has 1 atom stereocenters. The van der Waals surface area contributed by atoms with E-state index in [-0.39, 0.29) is 11.7 Å². The van der Waals surface area contributed by atoms with Gasteiger partial charge in [-0.2, -0.15) is 0 Å². The molecule has 1 aliphatic heterocycles. The molecule has 1 heterocycles. The van der Waals surface area contributed by atoms with Crippen molar-refractivity contribution in [1.29, 1.82) is 0 Å². The molecule has 1 amide bonds. The number of amides is 1. The van der Waals surface area contributed by atoms with Crippen LogP contribution in [0, 0.1) is 0 Å². The van der Waals surface area contributed by atoms with Crippen LogP contribution in [0.15, 0.2) is 60.0 Å². The van der Waals surface area contributed by atoms with Gasteiger partial charge in [0.2, 0.25) is 0 Å². The van der Waals surface area contributed by atoms with Crippen LogP contribution in [0.1, 0.15) is 17.3 Å². The molecule has 0 fully saturated rings. The van der Waals surface area contributed by atoms with Gasteiger partial charge < -0.3 is 14.4 Å². The summed E-state index contributed by atoms with van der Waals surface area (Å²) in [6, 6.07) is 13.2. The summed E-state index contributed by atoms with van der Waals surface area (Å²) >= 11 is 0. The topological polar surface area (TPSA) is 72.9 Å². The molecule has 0 unspecified atom stereocenters. The molecule has 7 heteroatoms. The maximum Gasteiger partial charge on any atom is 0.258 e. The molecule has 0 saturated carbocycles. The monoisotopic (exact) mass is 387 g/mol. The zero-order valence-corrected chi connectivity index (χ0v) is 16.0. The third-order valence-electron chi connectivity index (χ3n) is 4.22. The molecule has 27 heavy (non-hydrogen) atoms. The second-order valence-electron chi connectivity index (χ2n) is 6.06. The van der Waals surface area contributed by atoms with E-state index < -0.39 is 15.9 Å². The normalized spacial score (nSPS) is 17.5. The average molecular weight is 387 g/mol. The smallest absolute Gasteiger partial charge is 0.258 e. The Hall–Kier alpha value is -2.80. The number of ether oxygens (including phenoxy) is 2. The van der Waals surface area contributed by atoms with E-state index in [9.17, 15) is 13.2 Å². The number of rotatable bonds is 6. The van der Waals surface area contributed by atoms with E-state index in [4.69, 9.17) is 9.47 Å². The molecule has 3 rings (SSSR count). The van der Waals surface area contributed by atoms with Crippen molar-refractivity contribution >= 4 is 21.4 Å². The average Bonchev–Trinajstić information content (AvgIpc) is 3.02. The largest absolute Gasteiger partial charge is 0.497 e. The molecule has 0 bridgehead atoms. The molecule has 1 aliphatic rings. The second kappa shape index (κ2) is 7.84. The van der Waals surface area contributed by atoms with Crippen LogP contribution in [0.4, 0.5) is 5.69 Å². The number of carbonyl (C=O) groups is 1. The predicted octanol–water partition coefficient (Wildman–Crippen LogP) is 3.05. The molecule has 6 nitrogen and oxygen atoms in total. The maximum atomic E-state index is 13.2. The number of benzene rings is 2. The minimum absolute atomic E-state index is 0.137. The van der Waals surface area contributed by atoms with E-state index in [2.05, 4.69) is 0 Å². The summed E-state index contributed by atoms with van der Waals surface area (Å²) < 4.78 is 34.4. The van der Waals surface area contributed by atoms with Gasteiger partial charge in [0.05, 0.1) is 25.5 Å². The van der Waals surface area contributed by atoms with Crippen LogP contribution in [0.3, 0.4) is 0 Å². The fourth-order valence-corrected chi connectivity index (χ4v) is 4.19. The zero-order chi connectivity index (χ0) is 19.4. The molecule has 2 aromatic carbocycles. The first-order valence-electron chi connectivity index (χ1n) is 8.55. The van der Waals surface area contributed by atoms with Crippen molar-refractivity contribution in [2.45, 2.75) is 13.0 Å². The lowest BCUT2D eigenvalue weighted by molar-refractivity contribution is 0.0983. The van der Waals surface area contributed by atoms with Crippen LogP contribution >= 0.6 is 0 Å². The SMILES string of the molecule is CCOc1ccc(C(=O)N(c2ccc(OC)cc2)[C@H]2C=CS(=O)(=O)C2)cc1. The summed E-state index contributed by atoms with van der Waals surface area (Å²) in [5.41, 5.74) is 1.05. The number of nitrogens with zero attached hydrogens (tertiary/aromatic N) is 1. The lowest BCUT2D eigenvalue weighted by Crippen LogP contribution is -2.41. The number of sulfone groups is 1. The van der Waals surface area contributed by atoms with Gasteiger partial charge in [0.15, 0.2) is 9.84 Å². The predicted molar refractivity (Wildman–Crippen MR) is 104 cm³/mol. The summed E-state index contributed by atoms with van der Waals surface area (Å²) in [4.78, 5) is 14.7. The van der Waals surface area contributed by atoms with Crippen molar-refractivity contribution in [3.8, 4) is 11.5 Å². The number of hydrogen-bond acceptors (Lipinski definition) is 5. The van der Waals surface area contributed by atoms with Crippen LogP contribution in [-0.4, -0.2) is 39.8 Å². The Morgan fingerprint density at radius 2 is 1.70 bits per heavy atom. The highest BCUT2D eigenvalue weighted by atomic mass is 32.2. The van der Waals surface area contributed by atoms with E-state index in [0.29, 0.717) is 29.4 Å². The molecule has 0 N–H and O–H groups in total. The molecule has 0 spiro atoms. The summed E-state index contributed by atoms with van der Waals surface area (Å²) in [5.74, 6) is 0.909. The summed E-state index contributed by atoms with van der Waals surface area (Å²) in [7, 11) is -1.75. The van der Waals surface area contributed by atoms with E-state index in [1.54, 1.807) is 61.7 Å². The lowest BCUT2D eigenvalue weighted by atomic mass is 10.1. The standard InChI is InChI=1S/C20H21NO5S/c1-3-26-19-8-4-15(5-9-19)20(22)21(17-12-13-27(23,24)14-17)16-6-10-18(25-2)11-7-16/h4-13,17H,3,14H2,1-2H3/t17-/m0/s1. The highest BCUT2D eigenvalue weighted by Crippen LogP contribution is 2.27. The van der Waals surface area contributed by atoms with Crippen LogP contribution in [-0.2, 0) is 9.84 Å². The summed E-state index contributed by atoms with van der Waals surface area (Å²) in [6.07, 6.45) is 1.55. The van der Waals surface area contributed by atoms with Gasteiger partial charge >= 0.3 is 0 Å². The summed E-state index contributed by atoms with van der Waals surface area (Å²) in [6.45, 7) is 2.42. The van der Waals surface area contributed by atoms with Crippen molar-refractivity contribution in [1.82, 2.24) is 0 Å². The molecular formula is C20H21NO5S. The van der Waals surface area contributed by atoms with Crippen molar-refractivity contribution < 1.29 is 22.7 Å². The molecule has 0 aliphatic carbocycles. The molecular weight excluding hydrogens is 366 g/mol. The van der Waals surface area contributed by atoms with Gasteiger partial charge in [0, 0.05) is 16.7 Å². The number of methoxy groups -OCH3 is 1. The van der Waals surface area contributed by atoms with Gasteiger partial charge in [-0.1, -0.05) is 0 Å². The highest BCUT2D eigenvalue weighted by molar-refractivity contribution is 7.94. The Labute approximate surface area is 158 Å². The van der Waals surface area contributed by atoms with Gasteiger partial charge in [0.1, 0.15) is 11.5 Å². The van der Waals surface area contributed by atoms with Gasteiger partial charge in [0.25, 0.3) is 5.91 Å². The molecule has 2 aromatic rings. The van der Waals surface area contributed by atoms with Crippen molar-refractivity contribution in [3.05, 3.63) is 65.6 Å². The molecule has 0 saturated heterocycles. The number of anilines is 1. The van der Waals surface area contributed by atoms with Crippen LogP contribution in [0.25, 0.3) is 0 Å². The minimum Gasteiger partial charge on any atom is -0.497 e. The Morgan fingerprint density at radius 1 is 1.07 bits per heavy atom. The Kier molecular flexibility index (Phi) is 5.51.